The molecule has 0 bridgehead atoms. The third-order valence-corrected chi connectivity index (χ3v) is 5.74. The van der Waals surface area contributed by atoms with Crippen molar-refractivity contribution in [3.8, 4) is 0 Å². The van der Waals surface area contributed by atoms with Gasteiger partial charge in [0, 0.05) is 17.5 Å². The van der Waals surface area contributed by atoms with Crippen LogP contribution in [0.5, 0.6) is 0 Å². The number of nitrogens with zero attached hydrogens (tertiary/aromatic N) is 2. The molecule has 1 amide bonds. The lowest BCUT2D eigenvalue weighted by Gasteiger charge is -2.29. The molecule has 2 aromatic rings. The van der Waals surface area contributed by atoms with E-state index in [4.69, 9.17) is 9.40 Å². The van der Waals surface area contributed by atoms with E-state index in [0.717, 1.165) is 62.3 Å². The number of aromatic nitrogens is 1. The van der Waals surface area contributed by atoms with Crippen molar-refractivity contribution in [3.63, 3.8) is 0 Å². The van der Waals surface area contributed by atoms with Gasteiger partial charge in [0.05, 0.1) is 0 Å². The number of carbonyl (C=O) groups excluding carboxylic acids is 1. The van der Waals surface area contributed by atoms with E-state index in [9.17, 15) is 4.79 Å². The molecule has 1 aromatic heterocycles. The van der Waals surface area contributed by atoms with Gasteiger partial charge in [-0.25, -0.2) is 4.98 Å². The quantitative estimate of drug-likeness (QED) is 0.921. The molecule has 134 valence electrons. The number of benzene rings is 1. The minimum Gasteiger partial charge on any atom is -0.440 e. The molecule has 4 rings (SSSR count). The van der Waals surface area contributed by atoms with Gasteiger partial charge >= 0.3 is 0 Å². The van der Waals surface area contributed by atoms with Crippen LogP contribution in [0.3, 0.4) is 0 Å². The Bertz CT molecular complexity index is 740. The fourth-order valence-electron chi connectivity index (χ4n) is 4.10. The number of carbonyl (C=O) groups is 1. The summed E-state index contributed by atoms with van der Waals surface area (Å²) < 4.78 is 5.98. The summed E-state index contributed by atoms with van der Waals surface area (Å²) in [7, 11) is 0. The standard InChI is InChI=1S/C20H27N3O2/c1-2-23-11-9-14(10-12-23)20-22-17-13-15(7-8-18(17)25-20)19(24)21-16-5-3-4-6-16/h7-8,13-14,16H,2-6,9-12H2,1H3,(H,21,24). The van der Waals surface area contributed by atoms with Gasteiger partial charge in [-0.05, 0) is 63.5 Å². The van der Waals surface area contributed by atoms with E-state index in [1.165, 1.54) is 12.8 Å². The summed E-state index contributed by atoms with van der Waals surface area (Å²) in [6.07, 6.45) is 6.81. The van der Waals surface area contributed by atoms with Gasteiger partial charge in [0.1, 0.15) is 5.52 Å². The minimum atomic E-state index is 0.00889. The van der Waals surface area contributed by atoms with Crippen LogP contribution in [0.15, 0.2) is 22.6 Å². The number of oxazole rings is 1. The first-order valence-corrected chi connectivity index (χ1v) is 9.66. The van der Waals surface area contributed by atoms with Crippen LogP contribution in [-0.4, -0.2) is 41.5 Å². The number of hydrogen-bond acceptors (Lipinski definition) is 4. The largest absolute Gasteiger partial charge is 0.440 e. The van der Waals surface area contributed by atoms with Crippen LogP contribution in [0.25, 0.3) is 11.1 Å². The number of fused-ring (bicyclic) bond motifs is 1. The lowest BCUT2D eigenvalue weighted by atomic mass is 9.97. The fourth-order valence-corrected chi connectivity index (χ4v) is 4.10. The van der Waals surface area contributed by atoms with Crippen LogP contribution >= 0.6 is 0 Å². The maximum atomic E-state index is 12.4. The summed E-state index contributed by atoms with van der Waals surface area (Å²) in [6.45, 7) is 5.53. The summed E-state index contributed by atoms with van der Waals surface area (Å²) >= 11 is 0. The first-order valence-electron chi connectivity index (χ1n) is 9.66. The van der Waals surface area contributed by atoms with Crippen molar-refractivity contribution < 1.29 is 9.21 Å². The van der Waals surface area contributed by atoms with Gasteiger partial charge in [-0.15, -0.1) is 0 Å². The third-order valence-electron chi connectivity index (χ3n) is 5.74. The smallest absolute Gasteiger partial charge is 0.251 e. The lowest BCUT2D eigenvalue weighted by molar-refractivity contribution is 0.0938. The molecule has 1 aromatic carbocycles. The zero-order valence-electron chi connectivity index (χ0n) is 15.0. The Morgan fingerprint density at radius 2 is 2.00 bits per heavy atom. The molecule has 0 radical (unpaired) electrons. The SMILES string of the molecule is CCN1CCC(c2nc3cc(C(=O)NC4CCCC4)ccc3o2)CC1. The normalized spacial score (nSPS) is 20.4. The zero-order chi connectivity index (χ0) is 17.2. The van der Waals surface area contributed by atoms with Crippen molar-refractivity contribution in [2.24, 2.45) is 0 Å². The second kappa shape index (κ2) is 7.16. The van der Waals surface area contributed by atoms with E-state index >= 15 is 0 Å². The molecule has 1 saturated heterocycles. The maximum Gasteiger partial charge on any atom is 0.251 e. The molecule has 2 heterocycles. The molecule has 0 unspecified atom stereocenters. The molecule has 1 aliphatic carbocycles. The van der Waals surface area contributed by atoms with Gasteiger partial charge in [0.15, 0.2) is 11.5 Å². The molecule has 2 aliphatic rings. The molecule has 1 saturated carbocycles. The highest BCUT2D eigenvalue weighted by atomic mass is 16.3. The molecule has 0 atom stereocenters. The summed E-state index contributed by atoms with van der Waals surface area (Å²) in [5.74, 6) is 1.24. The van der Waals surface area contributed by atoms with Gasteiger partial charge in [0.2, 0.25) is 0 Å². The van der Waals surface area contributed by atoms with Crippen LogP contribution in [0.1, 0.15) is 67.6 Å². The molecular formula is C20H27N3O2. The van der Waals surface area contributed by atoms with Crippen molar-refractivity contribution in [1.29, 1.82) is 0 Å². The molecule has 0 spiro atoms. The van der Waals surface area contributed by atoms with Crippen LogP contribution < -0.4 is 5.32 Å². The molecular weight excluding hydrogens is 314 g/mol. The van der Waals surface area contributed by atoms with Gasteiger partial charge in [0.25, 0.3) is 5.91 Å². The predicted octanol–water partition coefficient (Wildman–Crippen LogP) is 3.70. The molecule has 2 fully saturated rings. The second-order valence-corrected chi connectivity index (χ2v) is 7.40. The fraction of sp³-hybridized carbons (Fsp3) is 0.600. The third kappa shape index (κ3) is 3.56. The lowest BCUT2D eigenvalue weighted by Crippen LogP contribution is -2.32. The van der Waals surface area contributed by atoms with Crippen molar-refractivity contribution in [2.75, 3.05) is 19.6 Å². The monoisotopic (exact) mass is 341 g/mol. The van der Waals surface area contributed by atoms with E-state index in [2.05, 4.69) is 17.1 Å². The summed E-state index contributed by atoms with van der Waals surface area (Å²) in [5, 5.41) is 3.14. The van der Waals surface area contributed by atoms with Gasteiger partial charge < -0.3 is 14.6 Å². The molecule has 1 aliphatic heterocycles. The highest BCUT2D eigenvalue weighted by molar-refractivity contribution is 5.97. The number of nitrogens with one attached hydrogen (secondary N) is 1. The van der Waals surface area contributed by atoms with E-state index in [0.29, 0.717) is 17.5 Å². The average molecular weight is 341 g/mol. The number of likely N-dealkylation sites (tertiary alicyclic amines) is 1. The van der Waals surface area contributed by atoms with E-state index < -0.39 is 0 Å². The molecule has 25 heavy (non-hydrogen) atoms. The van der Waals surface area contributed by atoms with E-state index in [1.807, 2.05) is 18.2 Å². The summed E-state index contributed by atoms with van der Waals surface area (Å²) in [6, 6.07) is 5.94. The Labute approximate surface area is 148 Å². The van der Waals surface area contributed by atoms with Gasteiger partial charge in [-0.2, -0.15) is 0 Å². The van der Waals surface area contributed by atoms with Crippen molar-refractivity contribution in [3.05, 3.63) is 29.7 Å². The van der Waals surface area contributed by atoms with Crippen LogP contribution in [0, 0.1) is 0 Å². The molecule has 5 nitrogen and oxygen atoms in total. The number of rotatable bonds is 4. The van der Waals surface area contributed by atoms with Crippen molar-refractivity contribution >= 4 is 17.0 Å². The van der Waals surface area contributed by atoms with Gasteiger partial charge in [-0.3, -0.25) is 4.79 Å². The molecule has 5 heteroatoms. The van der Waals surface area contributed by atoms with Crippen molar-refractivity contribution in [1.82, 2.24) is 15.2 Å². The Morgan fingerprint density at radius 1 is 1.24 bits per heavy atom. The Hall–Kier alpha value is -1.88. The predicted molar refractivity (Wildman–Crippen MR) is 97.8 cm³/mol. The maximum absolute atomic E-state index is 12.4. The van der Waals surface area contributed by atoms with Crippen molar-refractivity contribution in [2.45, 2.75) is 57.4 Å². The summed E-state index contributed by atoms with van der Waals surface area (Å²) in [4.78, 5) is 19.6. The highest BCUT2D eigenvalue weighted by Gasteiger charge is 2.24. The van der Waals surface area contributed by atoms with Crippen LogP contribution in [0.4, 0.5) is 0 Å². The van der Waals surface area contributed by atoms with Crippen LogP contribution in [-0.2, 0) is 0 Å². The molecule has 1 N–H and O–H groups in total. The Morgan fingerprint density at radius 3 is 2.72 bits per heavy atom. The van der Waals surface area contributed by atoms with E-state index in [-0.39, 0.29) is 5.91 Å². The highest BCUT2D eigenvalue weighted by Crippen LogP contribution is 2.30. The zero-order valence-corrected chi connectivity index (χ0v) is 15.0. The van der Waals surface area contributed by atoms with E-state index in [1.54, 1.807) is 0 Å². The first-order chi connectivity index (χ1) is 12.2. The van der Waals surface area contributed by atoms with Gasteiger partial charge in [-0.1, -0.05) is 19.8 Å². The van der Waals surface area contributed by atoms with Crippen LogP contribution in [0.2, 0.25) is 0 Å². The minimum absolute atomic E-state index is 0.00889. The number of amides is 1. The number of hydrogen-bond donors (Lipinski definition) is 1. The number of piperidine rings is 1. The Kier molecular flexibility index (Phi) is 4.75. The first kappa shape index (κ1) is 16.6. The summed E-state index contributed by atoms with van der Waals surface area (Å²) in [5.41, 5.74) is 2.26. The average Bonchev–Trinajstić information content (AvgIpc) is 3.30. The second-order valence-electron chi connectivity index (χ2n) is 7.40. The topological polar surface area (TPSA) is 58.4 Å². The Balaban J connectivity index is 1.48.